The van der Waals surface area contributed by atoms with Crippen LogP contribution in [0.5, 0.6) is 0 Å². The smallest absolute Gasteiger partial charge is 0.0701 e. The Kier molecular flexibility index (Phi) is 8.79. The minimum atomic E-state index is -0.495. The van der Waals surface area contributed by atoms with E-state index >= 15 is 0 Å². The average Bonchev–Trinajstić information content (AvgIpc) is 3.66. The monoisotopic (exact) mass is 763 g/mol. The molecule has 1 heterocycles. The van der Waals surface area contributed by atoms with Crippen molar-refractivity contribution in [2.24, 2.45) is 0 Å². The maximum absolute atomic E-state index is 2.47. The lowest BCUT2D eigenvalue weighted by Crippen LogP contribution is -2.30. The van der Waals surface area contributed by atoms with E-state index in [1.165, 1.54) is 93.9 Å². The molecule has 1 nitrogen and oxygen atoms in total. The van der Waals surface area contributed by atoms with E-state index in [1.807, 2.05) is 0 Å². The lowest BCUT2D eigenvalue weighted by Gasteiger charge is -2.37. The predicted molar refractivity (Wildman–Crippen MR) is 253 cm³/mol. The highest BCUT2D eigenvalue weighted by Gasteiger charge is 2.38. The molecule has 0 aliphatic carbocycles. The van der Waals surface area contributed by atoms with Crippen LogP contribution < -0.4 is 0 Å². The summed E-state index contributed by atoms with van der Waals surface area (Å²) in [6.45, 7) is 0. The van der Waals surface area contributed by atoms with Crippen molar-refractivity contribution in [1.82, 2.24) is 4.57 Å². The molecule has 0 N–H and O–H groups in total. The molecule has 0 saturated heterocycles. The van der Waals surface area contributed by atoms with E-state index in [9.17, 15) is 0 Å². The van der Waals surface area contributed by atoms with E-state index in [-0.39, 0.29) is 0 Å². The van der Waals surface area contributed by atoms with Crippen LogP contribution in [0, 0.1) is 0 Å². The molecular formula is C59H41N. The quantitative estimate of drug-likeness (QED) is 0.136. The first-order valence-electron chi connectivity index (χ1n) is 20.8. The van der Waals surface area contributed by atoms with Crippen molar-refractivity contribution in [1.29, 1.82) is 0 Å². The van der Waals surface area contributed by atoms with Gasteiger partial charge in [0, 0.05) is 16.2 Å². The van der Waals surface area contributed by atoms with Crippen LogP contribution in [0.3, 0.4) is 0 Å². The third-order valence-corrected chi connectivity index (χ3v) is 12.4. The van der Waals surface area contributed by atoms with Crippen molar-refractivity contribution >= 4 is 32.6 Å². The number of benzene rings is 10. The van der Waals surface area contributed by atoms with Crippen molar-refractivity contribution in [2.75, 3.05) is 0 Å². The Morgan fingerprint density at radius 1 is 0.250 bits per heavy atom. The summed E-state index contributed by atoms with van der Waals surface area (Å²) < 4.78 is 2.47. The van der Waals surface area contributed by atoms with Crippen molar-refractivity contribution in [3.8, 4) is 39.1 Å². The van der Waals surface area contributed by atoms with Gasteiger partial charge in [0.2, 0.25) is 0 Å². The highest BCUT2D eigenvalue weighted by Crippen LogP contribution is 2.46. The molecule has 11 rings (SSSR count). The molecule has 0 spiro atoms. The van der Waals surface area contributed by atoms with Gasteiger partial charge in [-0.25, -0.2) is 0 Å². The fourth-order valence-corrected chi connectivity index (χ4v) is 9.60. The standard InChI is InChI=1S/C59H41N/c1-6-18-42(19-7-1)45-32-37-57-54(40-45)55-41-46(43-20-8-2-9-21-43)33-38-58(55)60(57)56-39-36-51(52-28-16-17-29-53(52)56)44-30-34-50(35-31-44)59(47-22-10-3-11-23-47,48-24-12-4-13-25-48)49-26-14-5-15-27-49/h1-41H. The maximum Gasteiger partial charge on any atom is 0.0701 e. The molecule has 0 aliphatic heterocycles. The van der Waals surface area contributed by atoms with Crippen LogP contribution >= 0.6 is 0 Å². The zero-order valence-electron chi connectivity index (χ0n) is 33.1. The van der Waals surface area contributed by atoms with Crippen LogP contribution in [0.1, 0.15) is 22.3 Å². The largest absolute Gasteiger partial charge is 0.309 e. The van der Waals surface area contributed by atoms with Crippen LogP contribution in [0.4, 0.5) is 0 Å². The SMILES string of the molecule is c1ccc(-c2ccc3c(c2)c2cc(-c4ccccc4)ccc2n3-c2ccc(-c3ccc(C(c4ccccc4)(c4ccccc4)c4ccccc4)cc3)c3ccccc23)cc1. The number of hydrogen-bond acceptors (Lipinski definition) is 0. The van der Waals surface area contributed by atoms with Gasteiger partial charge in [-0.05, 0) is 91.4 Å². The molecule has 0 aliphatic rings. The molecule has 0 saturated carbocycles. The van der Waals surface area contributed by atoms with Crippen LogP contribution in [-0.2, 0) is 5.41 Å². The first kappa shape index (κ1) is 35.4. The number of nitrogens with zero attached hydrogens (tertiary/aromatic N) is 1. The van der Waals surface area contributed by atoms with Crippen LogP contribution in [0.15, 0.2) is 249 Å². The van der Waals surface area contributed by atoms with Crippen molar-refractivity contribution in [2.45, 2.75) is 5.41 Å². The minimum Gasteiger partial charge on any atom is -0.309 e. The van der Waals surface area contributed by atoms with E-state index in [4.69, 9.17) is 0 Å². The predicted octanol–water partition coefficient (Wildman–Crippen LogP) is 15.3. The van der Waals surface area contributed by atoms with Gasteiger partial charge < -0.3 is 4.57 Å². The fraction of sp³-hybridized carbons (Fsp3) is 0.0169. The van der Waals surface area contributed by atoms with E-state index in [0.29, 0.717) is 0 Å². The molecule has 282 valence electrons. The zero-order valence-corrected chi connectivity index (χ0v) is 33.1. The first-order chi connectivity index (χ1) is 29.8. The van der Waals surface area contributed by atoms with Crippen LogP contribution in [0.25, 0.3) is 71.6 Å². The molecule has 1 heteroatoms. The summed E-state index contributed by atoms with van der Waals surface area (Å²) in [5.74, 6) is 0. The lowest BCUT2D eigenvalue weighted by molar-refractivity contribution is 0.745. The highest BCUT2D eigenvalue weighted by atomic mass is 15.0. The summed E-state index contributed by atoms with van der Waals surface area (Å²) in [6, 6.07) is 90.9. The highest BCUT2D eigenvalue weighted by molar-refractivity contribution is 6.13. The second-order valence-corrected chi connectivity index (χ2v) is 15.6. The van der Waals surface area contributed by atoms with Gasteiger partial charge in [-0.2, -0.15) is 0 Å². The Morgan fingerprint density at radius 3 is 1.10 bits per heavy atom. The Hall–Kier alpha value is -7.74. The number of fused-ring (bicyclic) bond motifs is 4. The molecule has 1 aromatic heterocycles. The summed E-state index contributed by atoms with van der Waals surface area (Å²) in [4.78, 5) is 0. The number of aromatic nitrogens is 1. The molecule has 60 heavy (non-hydrogen) atoms. The number of rotatable bonds is 8. The number of hydrogen-bond donors (Lipinski definition) is 0. The molecule has 0 unspecified atom stereocenters. The maximum atomic E-state index is 2.47. The van der Waals surface area contributed by atoms with Crippen LogP contribution in [-0.4, -0.2) is 4.57 Å². The average molecular weight is 764 g/mol. The van der Waals surface area contributed by atoms with Gasteiger partial charge in [0.1, 0.15) is 0 Å². The molecule has 10 aromatic carbocycles. The van der Waals surface area contributed by atoms with Gasteiger partial charge in [0.05, 0.1) is 22.1 Å². The minimum absolute atomic E-state index is 0.495. The summed E-state index contributed by atoms with van der Waals surface area (Å²) >= 11 is 0. The summed E-state index contributed by atoms with van der Waals surface area (Å²) in [7, 11) is 0. The van der Waals surface area contributed by atoms with Gasteiger partial charge in [-0.15, -0.1) is 0 Å². The van der Waals surface area contributed by atoms with Crippen molar-refractivity contribution < 1.29 is 0 Å². The van der Waals surface area contributed by atoms with Gasteiger partial charge in [0.25, 0.3) is 0 Å². The fourth-order valence-electron chi connectivity index (χ4n) is 9.60. The molecule has 0 amide bonds. The summed E-state index contributed by atoms with van der Waals surface area (Å²) in [5, 5.41) is 4.92. The lowest BCUT2D eigenvalue weighted by atomic mass is 9.65. The second-order valence-electron chi connectivity index (χ2n) is 15.6. The first-order valence-corrected chi connectivity index (χ1v) is 20.8. The Morgan fingerprint density at radius 2 is 0.633 bits per heavy atom. The Bertz CT molecular complexity index is 3060. The molecule has 0 radical (unpaired) electrons. The van der Waals surface area contributed by atoms with Gasteiger partial charge in [-0.3, -0.25) is 0 Å². The van der Waals surface area contributed by atoms with E-state index in [0.717, 1.165) is 0 Å². The second kappa shape index (κ2) is 14.9. The topological polar surface area (TPSA) is 4.93 Å². The van der Waals surface area contributed by atoms with E-state index < -0.39 is 5.41 Å². The van der Waals surface area contributed by atoms with E-state index in [2.05, 4.69) is 253 Å². The van der Waals surface area contributed by atoms with Gasteiger partial charge >= 0.3 is 0 Å². The van der Waals surface area contributed by atoms with Crippen molar-refractivity contribution in [3.05, 3.63) is 271 Å². The molecule has 0 fully saturated rings. The summed E-state index contributed by atoms with van der Waals surface area (Å²) in [5.41, 5.74) is 15.3. The molecule has 11 aromatic rings. The van der Waals surface area contributed by atoms with Gasteiger partial charge in [-0.1, -0.05) is 218 Å². The van der Waals surface area contributed by atoms with Crippen LogP contribution in [0.2, 0.25) is 0 Å². The zero-order chi connectivity index (χ0) is 39.9. The third-order valence-electron chi connectivity index (χ3n) is 12.4. The normalized spacial score (nSPS) is 11.7. The Labute approximate surface area is 351 Å². The van der Waals surface area contributed by atoms with Gasteiger partial charge in [0.15, 0.2) is 0 Å². The van der Waals surface area contributed by atoms with E-state index in [1.54, 1.807) is 0 Å². The van der Waals surface area contributed by atoms with Crippen molar-refractivity contribution in [3.63, 3.8) is 0 Å². The molecule has 0 atom stereocenters. The summed E-state index contributed by atoms with van der Waals surface area (Å²) in [6.07, 6.45) is 0. The molecule has 0 bridgehead atoms. The third kappa shape index (κ3) is 5.86. The Balaban J connectivity index is 1.08. The molecular weight excluding hydrogens is 723 g/mol.